The Bertz CT molecular complexity index is 191. The molecule has 0 spiro atoms. The predicted molar refractivity (Wildman–Crippen MR) is 51.3 cm³/mol. The zero-order valence-electron chi connectivity index (χ0n) is 8.08. The summed E-state index contributed by atoms with van der Waals surface area (Å²) in [6, 6.07) is 0. The largest absolute Gasteiger partial charge is 0.368 e. The number of amides is 1. The lowest BCUT2D eigenvalue weighted by Gasteiger charge is -2.26. The summed E-state index contributed by atoms with van der Waals surface area (Å²) in [5, 5.41) is 2.74. The molecule has 0 saturated carbocycles. The number of carbonyl (C=O) groups is 1. The maximum absolute atomic E-state index is 11.4. The highest BCUT2D eigenvalue weighted by atomic mass is 16.5. The number of hydrogen-bond acceptors (Lipinski definition) is 2. The lowest BCUT2D eigenvalue weighted by Crippen LogP contribution is -2.40. The molecule has 1 N–H and O–H groups in total. The van der Waals surface area contributed by atoms with E-state index >= 15 is 0 Å². The molecule has 1 fully saturated rings. The maximum atomic E-state index is 11.4. The molecule has 3 nitrogen and oxygen atoms in total. The van der Waals surface area contributed by atoms with Crippen LogP contribution in [0.5, 0.6) is 0 Å². The molecular formula is C10H17NO2. The van der Waals surface area contributed by atoms with Crippen molar-refractivity contribution >= 4 is 5.91 Å². The van der Waals surface area contributed by atoms with Crippen molar-refractivity contribution in [1.82, 2.24) is 5.32 Å². The van der Waals surface area contributed by atoms with Crippen LogP contribution in [-0.4, -0.2) is 25.2 Å². The minimum absolute atomic E-state index is 0.00792. The first-order valence-corrected chi connectivity index (χ1v) is 4.74. The van der Waals surface area contributed by atoms with Crippen LogP contribution in [0.2, 0.25) is 0 Å². The molecule has 0 aliphatic carbocycles. The highest BCUT2D eigenvalue weighted by Gasteiger charge is 2.25. The van der Waals surface area contributed by atoms with Crippen LogP contribution in [0.15, 0.2) is 12.7 Å². The summed E-state index contributed by atoms with van der Waals surface area (Å²) in [5.41, 5.74) is 0. The minimum atomic E-state index is -0.247. The summed E-state index contributed by atoms with van der Waals surface area (Å²) >= 11 is 0. The van der Waals surface area contributed by atoms with E-state index in [0.29, 0.717) is 19.1 Å². The second-order valence-electron chi connectivity index (χ2n) is 3.52. The van der Waals surface area contributed by atoms with E-state index in [2.05, 4.69) is 18.8 Å². The quantitative estimate of drug-likeness (QED) is 0.665. The van der Waals surface area contributed by atoms with Gasteiger partial charge in [0.2, 0.25) is 5.91 Å². The lowest BCUT2D eigenvalue weighted by molar-refractivity contribution is -0.136. The van der Waals surface area contributed by atoms with Gasteiger partial charge in [-0.1, -0.05) is 13.0 Å². The molecule has 1 aliphatic rings. The van der Waals surface area contributed by atoms with Gasteiger partial charge in [0.05, 0.1) is 0 Å². The van der Waals surface area contributed by atoms with E-state index < -0.39 is 0 Å². The van der Waals surface area contributed by atoms with E-state index in [9.17, 15) is 4.79 Å². The number of nitrogens with one attached hydrogen (secondary N) is 1. The standard InChI is InChI=1S/C10H17NO2/c1-3-5-11-10(12)9-7-8(2)4-6-13-9/h3,8-9H,1,4-7H2,2H3,(H,11,12)/t8-,9-/m0/s1. The maximum Gasteiger partial charge on any atom is 0.249 e. The summed E-state index contributed by atoms with van der Waals surface area (Å²) in [4.78, 5) is 11.4. The molecule has 1 aliphatic heterocycles. The average molecular weight is 183 g/mol. The van der Waals surface area contributed by atoms with Gasteiger partial charge in [-0.05, 0) is 18.8 Å². The van der Waals surface area contributed by atoms with Gasteiger partial charge in [-0.25, -0.2) is 0 Å². The van der Waals surface area contributed by atoms with Gasteiger partial charge in [0, 0.05) is 13.2 Å². The van der Waals surface area contributed by atoms with E-state index in [4.69, 9.17) is 4.74 Å². The Labute approximate surface area is 79.2 Å². The van der Waals surface area contributed by atoms with Gasteiger partial charge in [0.1, 0.15) is 6.10 Å². The van der Waals surface area contributed by atoms with Gasteiger partial charge in [-0.2, -0.15) is 0 Å². The molecule has 0 radical (unpaired) electrons. The van der Waals surface area contributed by atoms with Crippen LogP contribution in [0.3, 0.4) is 0 Å². The van der Waals surface area contributed by atoms with E-state index in [1.54, 1.807) is 6.08 Å². The van der Waals surface area contributed by atoms with Gasteiger partial charge in [0.25, 0.3) is 0 Å². The van der Waals surface area contributed by atoms with E-state index in [-0.39, 0.29) is 12.0 Å². The van der Waals surface area contributed by atoms with Crippen molar-refractivity contribution in [3.05, 3.63) is 12.7 Å². The van der Waals surface area contributed by atoms with Crippen LogP contribution in [0.4, 0.5) is 0 Å². The molecule has 3 heteroatoms. The Morgan fingerprint density at radius 2 is 2.54 bits per heavy atom. The molecule has 13 heavy (non-hydrogen) atoms. The Hall–Kier alpha value is -0.830. The topological polar surface area (TPSA) is 38.3 Å². The molecule has 74 valence electrons. The van der Waals surface area contributed by atoms with Crippen molar-refractivity contribution in [3.63, 3.8) is 0 Å². The van der Waals surface area contributed by atoms with Crippen LogP contribution in [-0.2, 0) is 9.53 Å². The normalized spacial score (nSPS) is 28.1. The SMILES string of the molecule is C=CCNC(=O)[C@@H]1C[C@@H](C)CCO1. The average Bonchev–Trinajstić information content (AvgIpc) is 2.14. The zero-order chi connectivity index (χ0) is 9.68. The molecule has 0 aromatic rings. The Morgan fingerprint density at radius 1 is 1.77 bits per heavy atom. The zero-order valence-corrected chi connectivity index (χ0v) is 8.08. The molecule has 1 amide bonds. The van der Waals surface area contributed by atoms with Gasteiger partial charge in [-0.3, -0.25) is 4.79 Å². The second-order valence-corrected chi connectivity index (χ2v) is 3.52. The van der Waals surface area contributed by atoms with Gasteiger partial charge < -0.3 is 10.1 Å². The van der Waals surface area contributed by atoms with Crippen molar-refractivity contribution < 1.29 is 9.53 Å². The Balaban J connectivity index is 2.32. The molecule has 0 aromatic heterocycles. The highest BCUT2D eigenvalue weighted by Crippen LogP contribution is 2.19. The first kappa shape index (κ1) is 10.3. The summed E-state index contributed by atoms with van der Waals surface area (Å²) in [5.74, 6) is 0.583. The monoisotopic (exact) mass is 183 g/mol. The highest BCUT2D eigenvalue weighted by molar-refractivity contribution is 5.80. The minimum Gasteiger partial charge on any atom is -0.368 e. The smallest absolute Gasteiger partial charge is 0.249 e. The fourth-order valence-corrected chi connectivity index (χ4v) is 1.43. The van der Waals surface area contributed by atoms with Gasteiger partial charge in [0.15, 0.2) is 0 Å². The van der Waals surface area contributed by atoms with Crippen LogP contribution in [0.25, 0.3) is 0 Å². The molecule has 1 rings (SSSR count). The lowest BCUT2D eigenvalue weighted by atomic mass is 9.97. The molecular weight excluding hydrogens is 166 g/mol. The fourth-order valence-electron chi connectivity index (χ4n) is 1.43. The molecule has 1 saturated heterocycles. The van der Waals surface area contributed by atoms with Crippen LogP contribution in [0.1, 0.15) is 19.8 Å². The third-order valence-corrected chi connectivity index (χ3v) is 2.26. The number of hydrogen-bond donors (Lipinski definition) is 1. The summed E-state index contributed by atoms with van der Waals surface area (Å²) in [6.45, 7) is 6.91. The first-order chi connectivity index (χ1) is 6.24. The van der Waals surface area contributed by atoms with Gasteiger partial charge >= 0.3 is 0 Å². The number of rotatable bonds is 3. The molecule has 0 unspecified atom stereocenters. The molecule has 1 heterocycles. The van der Waals surface area contributed by atoms with Crippen molar-refractivity contribution in [3.8, 4) is 0 Å². The summed E-state index contributed by atoms with van der Waals surface area (Å²) < 4.78 is 5.36. The van der Waals surface area contributed by atoms with Crippen LogP contribution in [0, 0.1) is 5.92 Å². The summed E-state index contributed by atoms with van der Waals surface area (Å²) in [7, 11) is 0. The Kier molecular flexibility index (Phi) is 3.96. The Morgan fingerprint density at radius 3 is 3.15 bits per heavy atom. The molecule has 0 bridgehead atoms. The van der Waals surface area contributed by atoms with Crippen molar-refractivity contribution in [2.24, 2.45) is 5.92 Å². The number of carbonyl (C=O) groups excluding carboxylic acids is 1. The van der Waals surface area contributed by atoms with Crippen molar-refractivity contribution in [2.75, 3.05) is 13.2 Å². The van der Waals surface area contributed by atoms with E-state index in [0.717, 1.165) is 12.8 Å². The van der Waals surface area contributed by atoms with Crippen molar-refractivity contribution in [2.45, 2.75) is 25.9 Å². The predicted octanol–water partition coefficient (Wildman–Crippen LogP) is 1.10. The third kappa shape index (κ3) is 3.19. The van der Waals surface area contributed by atoms with E-state index in [1.807, 2.05) is 0 Å². The van der Waals surface area contributed by atoms with Crippen molar-refractivity contribution in [1.29, 1.82) is 0 Å². The van der Waals surface area contributed by atoms with Gasteiger partial charge in [-0.15, -0.1) is 6.58 Å². The first-order valence-electron chi connectivity index (χ1n) is 4.74. The molecule has 2 atom stereocenters. The van der Waals surface area contributed by atoms with Crippen LogP contribution >= 0.6 is 0 Å². The fraction of sp³-hybridized carbons (Fsp3) is 0.700. The third-order valence-electron chi connectivity index (χ3n) is 2.26. The molecule has 0 aromatic carbocycles. The van der Waals surface area contributed by atoms with Crippen LogP contribution < -0.4 is 5.32 Å². The van der Waals surface area contributed by atoms with E-state index in [1.165, 1.54) is 0 Å². The summed E-state index contributed by atoms with van der Waals surface area (Å²) in [6.07, 6.45) is 3.32. The number of ether oxygens (including phenoxy) is 1. The second kappa shape index (κ2) is 5.02.